The normalized spacial score (nSPS) is 38.9. The molecule has 1 unspecified atom stereocenters. The Kier molecular flexibility index (Phi) is 5.60. The largest absolute Gasteiger partial charge is 0.481 e. The van der Waals surface area contributed by atoms with Crippen LogP contribution >= 0.6 is 0 Å². The molecule has 2 N–H and O–H groups in total. The second kappa shape index (κ2) is 6.96. The third kappa shape index (κ3) is 3.35. The zero-order valence-corrected chi connectivity index (χ0v) is 15.1. The van der Waals surface area contributed by atoms with Gasteiger partial charge in [0.25, 0.3) is 0 Å². The molecule has 2 aliphatic carbocycles. The van der Waals surface area contributed by atoms with Crippen molar-refractivity contribution in [2.75, 3.05) is 6.61 Å². The van der Waals surface area contributed by atoms with E-state index in [0.29, 0.717) is 11.8 Å². The van der Waals surface area contributed by atoms with Crippen LogP contribution in [-0.2, 0) is 4.79 Å². The van der Waals surface area contributed by atoms with Crippen LogP contribution in [0.4, 0.5) is 0 Å². The first-order valence-corrected chi connectivity index (χ1v) is 9.27. The van der Waals surface area contributed by atoms with Gasteiger partial charge < -0.3 is 10.2 Å². The summed E-state index contributed by atoms with van der Waals surface area (Å²) in [5.41, 5.74) is 0.817. The van der Waals surface area contributed by atoms with Crippen LogP contribution in [0.1, 0.15) is 72.1 Å². The van der Waals surface area contributed by atoms with E-state index in [1.165, 1.54) is 5.57 Å². The molecular weight excluding hydrogens is 288 g/mol. The van der Waals surface area contributed by atoms with E-state index >= 15 is 0 Å². The smallest absolute Gasteiger partial charge is 0.309 e. The first-order valence-electron chi connectivity index (χ1n) is 9.27. The number of fused-ring (bicyclic) bond motifs is 1. The van der Waals surface area contributed by atoms with E-state index in [1.807, 2.05) is 6.92 Å². The number of hydrogen-bond acceptors (Lipinski definition) is 2. The molecule has 3 nitrogen and oxygen atoms in total. The summed E-state index contributed by atoms with van der Waals surface area (Å²) >= 11 is 0. The Labute approximate surface area is 141 Å². The van der Waals surface area contributed by atoms with Gasteiger partial charge in [-0.25, -0.2) is 0 Å². The molecule has 0 spiro atoms. The van der Waals surface area contributed by atoms with Gasteiger partial charge in [-0.1, -0.05) is 38.8 Å². The molecule has 0 aromatic heterocycles. The minimum Gasteiger partial charge on any atom is -0.481 e. The zero-order valence-electron chi connectivity index (χ0n) is 15.1. The van der Waals surface area contributed by atoms with E-state index < -0.39 is 11.4 Å². The number of aliphatic hydroxyl groups is 1. The second-order valence-electron chi connectivity index (χ2n) is 8.58. The van der Waals surface area contributed by atoms with Crippen LogP contribution in [0.5, 0.6) is 0 Å². The van der Waals surface area contributed by atoms with Gasteiger partial charge in [-0.05, 0) is 68.6 Å². The van der Waals surface area contributed by atoms with Gasteiger partial charge >= 0.3 is 5.97 Å². The molecule has 2 saturated carbocycles. The highest BCUT2D eigenvalue weighted by molar-refractivity contribution is 5.75. The average molecular weight is 322 g/mol. The summed E-state index contributed by atoms with van der Waals surface area (Å²) in [4.78, 5) is 12.0. The van der Waals surface area contributed by atoms with E-state index in [2.05, 4.69) is 20.4 Å². The van der Waals surface area contributed by atoms with Crippen molar-refractivity contribution in [1.82, 2.24) is 0 Å². The Morgan fingerprint density at radius 2 is 2.04 bits per heavy atom. The molecule has 3 heteroatoms. The van der Waals surface area contributed by atoms with Gasteiger partial charge in [0.2, 0.25) is 0 Å². The number of carbonyl (C=O) groups is 1. The average Bonchev–Trinajstić information content (AvgIpc) is 2.46. The van der Waals surface area contributed by atoms with Crippen LogP contribution in [-0.4, -0.2) is 22.8 Å². The molecule has 132 valence electrons. The van der Waals surface area contributed by atoms with Gasteiger partial charge in [0.1, 0.15) is 0 Å². The highest BCUT2D eigenvalue weighted by Gasteiger charge is 2.57. The Morgan fingerprint density at radius 1 is 1.35 bits per heavy atom. The quantitative estimate of drug-likeness (QED) is 0.700. The summed E-state index contributed by atoms with van der Waals surface area (Å²) < 4.78 is 0. The van der Waals surface area contributed by atoms with Crippen LogP contribution < -0.4 is 0 Å². The maximum Gasteiger partial charge on any atom is 0.309 e. The minimum absolute atomic E-state index is 0.0691. The maximum atomic E-state index is 12.0. The van der Waals surface area contributed by atoms with E-state index in [-0.39, 0.29) is 17.9 Å². The summed E-state index contributed by atoms with van der Waals surface area (Å²) in [6.45, 7) is 11.1. The molecular formula is C20H34O3. The predicted molar refractivity (Wildman–Crippen MR) is 93.2 cm³/mol. The zero-order chi connectivity index (χ0) is 17.3. The highest BCUT2D eigenvalue weighted by atomic mass is 16.4. The van der Waals surface area contributed by atoms with Gasteiger partial charge in [0.05, 0.1) is 5.41 Å². The third-order valence-electron chi connectivity index (χ3n) is 7.08. The summed E-state index contributed by atoms with van der Waals surface area (Å²) in [7, 11) is 0. The Hall–Kier alpha value is -0.830. The molecule has 5 atom stereocenters. The van der Waals surface area contributed by atoms with E-state index in [1.54, 1.807) is 0 Å². The van der Waals surface area contributed by atoms with E-state index in [9.17, 15) is 9.90 Å². The number of allylic oxidation sites excluding steroid dienone is 1. The maximum absolute atomic E-state index is 12.0. The highest BCUT2D eigenvalue weighted by Crippen LogP contribution is 2.62. The first-order chi connectivity index (χ1) is 10.8. The van der Waals surface area contributed by atoms with Crippen molar-refractivity contribution in [2.24, 2.45) is 28.6 Å². The molecule has 0 amide bonds. The lowest BCUT2D eigenvalue weighted by Gasteiger charge is -2.57. The Balaban J connectivity index is 2.21. The van der Waals surface area contributed by atoms with E-state index in [4.69, 9.17) is 5.11 Å². The van der Waals surface area contributed by atoms with Crippen LogP contribution in [0.2, 0.25) is 0 Å². The van der Waals surface area contributed by atoms with Crippen LogP contribution in [0.15, 0.2) is 12.2 Å². The molecule has 0 bridgehead atoms. The fourth-order valence-corrected chi connectivity index (χ4v) is 5.55. The summed E-state index contributed by atoms with van der Waals surface area (Å²) in [5.74, 6) is 0.589. The Morgan fingerprint density at radius 3 is 2.65 bits per heavy atom. The van der Waals surface area contributed by atoms with Crippen LogP contribution in [0.25, 0.3) is 0 Å². The Bertz CT molecular complexity index is 458. The first kappa shape index (κ1) is 18.5. The summed E-state index contributed by atoms with van der Waals surface area (Å²) in [6.07, 6.45) is 7.92. The molecule has 2 aliphatic rings. The number of rotatable bonds is 6. The summed E-state index contributed by atoms with van der Waals surface area (Å²) in [5, 5.41) is 19.0. The van der Waals surface area contributed by atoms with Crippen LogP contribution in [0, 0.1) is 28.6 Å². The third-order valence-corrected chi connectivity index (χ3v) is 7.08. The van der Waals surface area contributed by atoms with Crippen molar-refractivity contribution in [2.45, 2.75) is 72.1 Å². The monoisotopic (exact) mass is 322 g/mol. The molecule has 0 saturated heterocycles. The minimum atomic E-state index is -0.617. The number of carboxylic acid groups (broad SMARTS) is 1. The molecule has 0 aromatic carbocycles. The fourth-order valence-electron chi connectivity index (χ4n) is 5.55. The van der Waals surface area contributed by atoms with E-state index in [0.717, 1.165) is 51.4 Å². The number of aliphatic hydroxyl groups excluding tert-OH is 1. The number of carboxylic acids is 1. The van der Waals surface area contributed by atoms with Gasteiger partial charge in [-0.15, -0.1) is 0 Å². The van der Waals surface area contributed by atoms with Gasteiger partial charge in [-0.3, -0.25) is 4.79 Å². The fraction of sp³-hybridized carbons (Fsp3) is 0.850. The summed E-state index contributed by atoms with van der Waals surface area (Å²) in [6, 6.07) is 0. The van der Waals surface area contributed by atoms with Gasteiger partial charge in [0.15, 0.2) is 0 Å². The molecule has 23 heavy (non-hydrogen) atoms. The van der Waals surface area contributed by atoms with Crippen molar-refractivity contribution in [3.63, 3.8) is 0 Å². The van der Waals surface area contributed by atoms with Crippen molar-refractivity contribution >= 4 is 5.97 Å². The lowest BCUT2D eigenvalue weighted by molar-refractivity contribution is -0.164. The molecule has 0 radical (unpaired) electrons. The van der Waals surface area contributed by atoms with Crippen molar-refractivity contribution in [3.05, 3.63) is 12.2 Å². The topological polar surface area (TPSA) is 57.5 Å². The molecule has 2 fully saturated rings. The number of aliphatic carboxylic acids is 1. The molecule has 0 heterocycles. The lowest BCUT2D eigenvalue weighted by Crippen LogP contribution is -2.53. The standard InChI is InChI=1S/C20H34O3/c1-14(10-13-21)6-8-16-15(2)7-9-17-19(16,3)11-5-12-20(17,4)18(22)23/h14,16-17,21H,2,5-13H2,1,3-4H3,(H,22,23)/t14?,16-,17+,19+,20-/m0/s1. The number of hydrogen-bond donors (Lipinski definition) is 2. The van der Waals surface area contributed by atoms with Crippen molar-refractivity contribution in [1.29, 1.82) is 0 Å². The predicted octanol–water partition coefficient (Wildman–Crippen LogP) is 4.65. The van der Waals surface area contributed by atoms with Gasteiger partial charge in [0, 0.05) is 6.61 Å². The lowest BCUT2D eigenvalue weighted by atomic mass is 9.46. The molecule has 0 aliphatic heterocycles. The second-order valence-corrected chi connectivity index (χ2v) is 8.58. The van der Waals surface area contributed by atoms with Crippen molar-refractivity contribution < 1.29 is 15.0 Å². The van der Waals surface area contributed by atoms with Crippen molar-refractivity contribution in [3.8, 4) is 0 Å². The molecule has 0 aromatic rings. The van der Waals surface area contributed by atoms with Gasteiger partial charge in [-0.2, -0.15) is 0 Å². The van der Waals surface area contributed by atoms with Crippen LogP contribution in [0.3, 0.4) is 0 Å². The SMILES string of the molecule is C=C1CC[C@@H]2[C@](C)(CCC[C@]2(C)C(=O)O)[C@H]1CCC(C)CCO. The molecule has 2 rings (SSSR count).